The van der Waals surface area contributed by atoms with Gasteiger partial charge >= 0.3 is 0 Å². The second-order valence-electron chi connectivity index (χ2n) is 1.41. The Kier molecular flexibility index (Phi) is 4.67. The lowest BCUT2D eigenvalue weighted by Gasteiger charge is -1.98. The van der Waals surface area contributed by atoms with E-state index in [1.54, 1.807) is 11.8 Å². The van der Waals surface area contributed by atoms with Gasteiger partial charge in [-0.05, 0) is 6.92 Å². The standard InChI is InChI=1S/C5H11OS/c1-5(2)7-4-3-6/h5-6H,1,3-4H2,2H3. The molecule has 0 saturated carbocycles. The number of aliphatic hydroxyl groups excluding tert-OH is 1. The Balaban J connectivity index is 2.68. The lowest BCUT2D eigenvalue weighted by Crippen LogP contribution is -1.92. The fourth-order valence-electron chi connectivity index (χ4n) is 0.254. The van der Waals surface area contributed by atoms with Crippen LogP contribution in [0.5, 0.6) is 0 Å². The number of aliphatic hydroxyl groups is 1. The Morgan fingerprint density at radius 1 is 1.86 bits per heavy atom. The minimum absolute atomic E-state index is 0.268. The maximum absolute atomic E-state index is 8.27. The minimum atomic E-state index is 0.268. The second-order valence-corrected chi connectivity index (χ2v) is 2.95. The predicted molar refractivity (Wildman–Crippen MR) is 34.4 cm³/mol. The largest absolute Gasteiger partial charge is 0.396 e. The van der Waals surface area contributed by atoms with Gasteiger partial charge in [0.2, 0.25) is 0 Å². The van der Waals surface area contributed by atoms with Crippen LogP contribution in [0.3, 0.4) is 0 Å². The van der Waals surface area contributed by atoms with Crippen molar-refractivity contribution in [2.45, 2.75) is 12.2 Å². The van der Waals surface area contributed by atoms with Gasteiger partial charge in [0.15, 0.2) is 0 Å². The van der Waals surface area contributed by atoms with Crippen LogP contribution in [0.1, 0.15) is 6.92 Å². The summed E-state index contributed by atoms with van der Waals surface area (Å²) in [7, 11) is 0. The molecule has 1 N–H and O–H groups in total. The highest BCUT2D eigenvalue weighted by atomic mass is 32.2. The van der Waals surface area contributed by atoms with Gasteiger partial charge in [0.1, 0.15) is 0 Å². The smallest absolute Gasteiger partial charge is 0.0521 e. The van der Waals surface area contributed by atoms with E-state index in [2.05, 4.69) is 6.92 Å². The Bertz CT molecular complexity index is 37.1. The molecule has 0 aromatic carbocycles. The highest BCUT2D eigenvalue weighted by Crippen LogP contribution is 2.05. The van der Waals surface area contributed by atoms with Gasteiger partial charge in [0.25, 0.3) is 0 Å². The quantitative estimate of drug-likeness (QED) is 0.596. The van der Waals surface area contributed by atoms with Crippen molar-refractivity contribution in [3.8, 4) is 0 Å². The van der Waals surface area contributed by atoms with Crippen LogP contribution < -0.4 is 0 Å². The Morgan fingerprint density at radius 2 is 2.43 bits per heavy atom. The maximum atomic E-state index is 8.27. The third kappa shape index (κ3) is 6.31. The molecule has 1 atom stereocenters. The molecule has 0 saturated heterocycles. The monoisotopic (exact) mass is 119 g/mol. The lowest BCUT2D eigenvalue weighted by molar-refractivity contribution is 0.322. The molecule has 1 unspecified atom stereocenters. The molecule has 2 heteroatoms. The zero-order chi connectivity index (χ0) is 5.70. The average Bonchev–Trinajstić information content (AvgIpc) is 1.61. The summed E-state index contributed by atoms with van der Waals surface area (Å²) in [5.74, 6) is 0.810. The van der Waals surface area contributed by atoms with E-state index in [0.29, 0.717) is 5.25 Å². The highest BCUT2D eigenvalue weighted by Gasteiger charge is 1.89. The molecule has 43 valence electrons. The second kappa shape index (κ2) is 4.47. The van der Waals surface area contributed by atoms with Gasteiger partial charge in [-0.25, -0.2) is 0 Å². The molecular weight excluding hydrogens is 108 g/mol. The van der Waals surface area contributed by atoms with Crippen molar-refractivity contribution in [1.29, 1.82) is 0 Å². The van der Waals surface area contributed by atoms with Crippen molar-refractivity contribution in [2.75, 3.05) is 12.4 Å². The van der Waals surface area contributed by atoms with Gasteiger partial charge < -0.3 is 5.11 Å². The van der Waals surface area contributed by atoms with Crippen molar-refractivity contribution in [1.82, 2.24) is 0 Å². The first-order chi connectivity index (χ1) is 3.27. The van der Waals surface area contributed by atoms with Crippen LogP contribution >= 0.6 is 11.8 Å². The molecule has 0 aliphatic carbocycles. The van der Waals surface area contributed by atoms with Crippen LogP contribution in [-0.4, -0.2) is 22.7 Å². The molecule has 0 spiro atoms. The number of hydrogen-bond acceptors (Lipinski definition) is 2. The van der Waals surface area contributed by atoms with Crippen LogP contribution in [0.2, 0.25) is 0 Å². The number of thioether (sulfide) groups is 1. The first kappa shape index (κ1) is 7.31. The van der Waals surface area contributed by atoms with Gasteiger partial charge in [-0.3, -0.25) is 0 Å². The third-order valence-corrected chi connectivity index (χ3v) is 1.48. The molecule has 0 aliphatic rings. The topological polar surface area (TPSA) is 20.2 Å². The van der Waals surface area contributed by atoms with E-state index in [9.17, 15) is 0 Å². The van der Waals surface area contributed by atoms with Gasteiger partial charge in [-0.2, -0.15) is 11.8 Å². The van der Waals surface area contributed by atoms with E-state index < -0.39 is 0 Å². The summed E-state index contributed by atoms with van der Waals surface area (Å²) in [6.45, 7) is 6.01. The van der Waals surface area contributed by atoms with Gasteiger partial charge in [0.05, 0.1) is 6.61 Å². The van der Waals surface area contributed by atoms with Crippen molar-refractivity contribution in [2.24, 2.45) is 0 Å². The molecule has 1 radical (unpaired) electrons. The van der Waals surface area contributed by atoms with Crippen LogP contribution in [0, 0.1) is 6.92 Å². The summed E-state index contributed by atoms with van der Waals surface area (Å²) in [5, 5.41) is 8.68. The molecule has 1 nitrogen and oxygen atoms in total. The molecule has 0 aromatic rings. The summed E-state index contributed by atoms with van der Waals surface area (Å²) in [6.07, 6.45) is 0. The summed E-state index contributed by atoms with van der Waals surface area (Å²) in [5.41, 5.74) is 0. The molecule has 0 fully saturated rings. The summed E-state index contributed by atoms with van der Waals surface area (Å²) >= 11 is 1.67. The Morgan fingerprint density at radius 3 is 2.57 bits per heavy atom. The van der Waals surface area contributed by atoms with Crippen molar-refractivity contribution in [3.05, 3.63) is 6.92 Å². The van der Waals surface area contributed by atoms with Crippen LogP contribution in [-0.2, 0) is 0 Å². The van der Waals surface area contributed by atoms with Crippen LogP contribution in [0.4, 0.5) is 0 Å². The summed E-state index contributed by atoms with van der Waals surface area (Å²) in [4.78, 5) is 0. The zero-order valence-electron chi connectivity index (χ0n) is 4.55. The zero-order valence-corrected chi connectivity index (χ0v) is 5.37. The van der Waals surface area contributed by atoms with Gasteiger partial charge in [-0.1, -0.05) is 6.92 Å². The molecular formula is C5H11OS. The van der Waals surface area contributed by atoms with E-state index in [-0.39, 0.29) is 6.61 Å². The Labute approximate surface area is 49.1 Å². The summed E-state index contributed by atoms with van der Waals surface area (Å²) in [6, 6.07) is 0. The molecule has 0 amide bonds. The van der Waals surface area contributed by atoms with E-state index >= 15 is 0 Å². The van der Waals surface area contributed by atoms with Crippen LogP contribution in [0.25, 0.3) is 0 Å². The third-order valence-electron chi connectivity index (χ3n) is 0.494. The SMILES string of the molecule is [CH2]C(C)SCCO. The Hall–Kier alpha value is 0.310. The lowest BCUT2D eigenvalue weighted by atomic mass is 10.6. The summed E-state index contributed by atoms with van der Waals surface area (Å²) < 4.78 is 0. The first-order valence-electron chi connectivity index (χ1n) is 2.33. The minimum Gasteiger partial charge on any atom is -0.396 e. The van der Waals surface area contributed by atoms with E-state index in [4.69, 9.17) is 5.11 Å². The van der Waals surface area contributed by atoms with Crippen molar-refractivity contribution >= 4 is 11.8 Å². The predicted octanol–water partition coefficient (Wildman–Crippen LogP) is 0.934. The van der Waals surface area contributed by atoms with Gasteiger partial charge in [-0.15, -0.1) is 0 Å². The molecule has 0 aromatic heterocycles. The fraction of sp³-hybridized carbons (Fsp3) is 0.800. The highest BCUT2D eigenvalue weighted by molar-refractivity contribution is 7.99. The molecule has 0 aliphatic heterocycles. The average molecular weight is 119 g/mol. The molecule has 0 heterocycles. The van der Waals surface area contributed by atoms with Crippen LogP contribution in [0.15, 0.2) is 0 Å². The first-order valence-corrected chi connectivity index (χ1v) is 3.37. The van der Waals surface area contributed by atoms with Gasteiger partial charge in [0, 0.05) is 11.0 Å². The molecule has 0 rings (SSSR count). The molecule has 7 heavy (non-hydrogen) atoms. The fourth-order valence-corrected chi connectivity index (χ4v) is 0.762. The van der Waals surface area contributed by atoms with E-state index in [1.807, 2.05) is 6.92 Å². The van der Waals surface area contributed by atoms with Crippen molar-refractivity contribution in [3.63, 3.8) is 0 Å². The number of rotatable bonds is 3. The maximum Gasteiger partial charge on any atom is 0.0521 e. The number of hydrogen-bond donors (Lipinski definition) is 1. The van der Waals surface area contributed by atoms with Crippen molar-refractivity contribution < 1.29 is 5.11 Å². The molecule has 0 bridgehead atoms. The normalized spacial score (nSPS) is 10.3. The van der Waals surface area contributed by atoms with E-state index in [0.717, 1.165) is 5.75 Å². The van der Waals surface area contributed by atoms with E-state index in [1.165, 1.54) is 0 Å².